The monoisotopic (exact) mass is 369 g/mol. The Morgan fingerprint density at radius 2 is 1.96 bits per heavy atom. The Bertz CT molecular complexity index is 1050. The van der Waals surface area contributed by atoms with E-state index in [-0.39, 0.29) is 29.8 Å². The lowest BCUT2D eigenvalue weighted by atomic mass is 10.0. The molecule has 0 unspecified atom stereocenters. The smallest absolute Gasteiger partial charge is 0.407 e. The molecular weight excluding hydrogens is 350 g/mol. The van der Waals surface area contributed by atoms with Crippen molar-refractivity contribution in [1.29, 1.82) is 0 Å². The van der Waals surface area contributed by atoms with Gasteiger partial charge in [-0.25, -0.2) is 4.79 Å². The summed E-state index contributed by atoms with van der Waals surface area (Å²) in [4.78, 5) is 34.8. The average molecular weight is 369 g/mol. The van der Waals surface area contributed by atoms with Crippen LogP contribution in [0, 0.1) is 17.0 Å². The number of aromatic nitrogens is 1. The molecule has 0 radical (unpaired) electrons. The molecule has 3 rings (SSSR count). The molecule has 1 amide bonds. The quantitative estimate of drug-likeness (QED) is 0.531. The standard InChI is InChI=1S/C19H19N3O5/c1-3-15(13-6-4-12(2)5-7-13)20-18(23)11-21-16-9-8-14(22(25)26)10-17(16)27-19(21)24/h4-10,15H,3,11H2,1-2H3,(H,20,23)/t15-/m0/s1. The highest BCUT2D eigenvalue weighted by molar-refractivity contribution is 5.80. The Morgan fingerprint density at radius 3 is 2.59 bits per heavy atom. The Kier molecular flexibility index (Phi) is 5.07. The van der Waals surface area contributed by atoms with E-state index < -0.39 is 10.7 Å². The number of amides is 1. The minimum atomic E-state index is -0.732. The summed E-state index contributed by atoms with van der Waals surface area (Å²) in [6.07, 6.45) is 0.696. The zero-order chi connectivity index (χ0) is 19.6. The second-order valence-corrected chi connectivity index (χ2v) is 6.30. The fourth-order valence-corrected chi connectivity index (χ4v) is 2.92. The van der Waals surface area contributed by atoms with E-state index in [4.69, 9.17) is 4.42 Å². The molecule has 0 aliphatic rings. The predicted octanol–water partition coefficient (Wildman–Crippen LogP) is 3.08. The van der Waals surface area contributed by atoms with Crippen molar-refractivity contribution >= 4 is 22.7 Å². The first kappa shape index (κ1) is 18.4. The molecule has 140 valence electrons. The number of non-ortho nitro benzene ring substituents is 1. The summed E-state index contributed by atoms with van der Waals surface area (Å²) in [6.45, 7) is 3.72. The van der Waals surface area contributed by atoms with E-state index in [0.717, 1.165) is 15.7 Å². The number of carbonyl (C=O) groups excluding carboxylic acids is 1. The number of nitrogens with one attached hydrogen (secondary N) is 1. The third-order valence-electron chi connectivity index (χ3n) is 4.39. The molecule has 8 heteroatoms. The van der Waals surface area contributed by atoms with Crippen molar-refractivity contribution in [2.24, 2.45) is 0 Å². The van der Waals surface area contributed by atoms with Crippen LogP contribution < -0.4 is 11.1 Å². The maximum atomic E-state index is 12.5. The number of nitro groups is 1. The van der Waals surface area contributed by atoms with Crippen LogP contribution in [0.4, 0.5) is 5.69 Å². The maximum absolute atomic E-state index is 12.5. The Morgan fingerprint density at radius 1 is 1.26 bits per heavy atom. The van der Waals surface area contributed by atoms with E-state index in [2.05, 4.69) is 5.32 Å². The number of carbonyl (C=O) groups is 1. The fourth-order valence-electron chi connectivity index (χ4n) is 2.92. The lowest BCUT2D eigenvalue weighted by molar-refractivity contribution is -0.384. The van der Waals surface area contributed by atoms with Crippen LogP contribution in [0.2, 0.25) is 0 Å². The second kappa shape index (κ2) is 7.45. The molecule has 1 atom stereocenters. The number of hydrogen-bond acceptors (Lipinski definition) is 5. The van der Waals surface area contributed by atoms with Crippen LogP contribution in [0.25, 0.3) is 11.1 Å². The minimum Gasteiger partial charge on any atom is -0.407 e. The molecule has 0 fully saturated rings. The predicted molar refractivity (Wildman–Crippen MR) is 99.5 cm³/mol. The van der Waals surface area contributed by atoms with E-state index in [1.165, 1.54) is 18.2 Å². The SMILES string of the molecule is CC[C@H](NC(=O)Cn1c(=O)oc2cc([N+](=O)[O-])ccc21)c1ccc(C)cc1. The van der Waals surface area contributed by atoms with Gasteiger partial charge >= 0.3 is 5.76 Å². The third kappa shape index (κ3) is 3.89. The van der Waals surface area contributed by atoms with Gasteiger partial charge in [0.05, 0.1) is 22.5 Å². The first-order valence-electron chi connectivity index (χ1n) is 8.52. The van der Waals surface area contributed by atoms with E-state index >= 15 is 0 Å². The highest BCUT2D eigenvalue weighted by atomic mass is 16.6. The second-order valence-electron chi connectivity index (χ2n) is 6.30. The van der Waals surface area contributed by atoms with Crippen molar-refractivity contribution in [2.45, 2.75) is 32.9 Å². The summed E-state index contributed by atoms with van der Waals surface area (Å²) in [7, 11) is 0. The lowest BCUT2D eigenvalue weighted by Gasteiger charge is -2.17. The van der Waals surface area contributed by atoms with Crippen molar-refractivity contribution in [1.82, 2.24) is 9.88 Å². The number of hydrogen-bond donors (Lipinski definition) is 1. The first-order valence-corrected chi connectivity index (χ1v) is 8.52. The summed E-state index contributed by atoms with van der Waals surface area (Å²) in [5, 5.41) is 13.8. The third-order valence-corrected chi connectivity index (χ3v) is 4.39. The van der Waals surface area contributed by atoms with Gasteiger partial charge in [-0.3, -0.25) is 19.5 Å². The summed E-state index contributed by atoms with van der Waals surface area (Å²) in [5.74, 6) is -1.07. The highest BCUT2D eigenvalue weighted by Gasteiger charge is 2.18. The van der Waals surface area contributed by atoms with Gasteiger partial charge in [-0.15, -0.1) is 0 Å². The van der Waals surface area contributed by atoms with Gasteiger partial charge in [-0.2, -0.15) is 0 Å². The molecule has 1 N–H and O–H groups in total. The largest absolute Gasteiger partial charge is 0.420 e. The molecule has 2 aromatic carbocycles. The summed E-state index contributed by atoms with van der Waals surface area (Å²) in [5.41, 5.74) is 2.34. The molecule has 1 heterocycles. The minimum absolute atomic E-state index is 0.0765. The van der Waals surface area contributed by atoms with Crippen LogP contribution in [0.5, 0.6) is 0 Å². The molecule has 0 aliphatic carbocycles. The number of aryl methyl sites for hydroxylation is 1. The number of nitrogens with zero attached hydrogens (tertiary/aromatic N) is 2. The highest BCUT2D eigenvalue weighted by Crippen LogP contribution is 2.20. The molecule has 0 saturated carbocycles. The van der Waals surface area contributed by atoms with Crippen LogP contribution >= 0.6 is 0 Å². The Labute approximate surface area is 154 Å². The fraction of sp³-hybridized carbons (Fsp3) is 0.263. The zero-order valence-electron chi connectivity index (χ0n) is 15.0. The molecule has 8 nitrogen and oxygen atoms in total. The van der Waals surface area contributed by atoms with Crippen LogP contribution in [0.15, 0.2) is 51.7 Å². The van der Waals surface area contributed by atoms with Crippen molar-refractivity contribution in [3.63, 3.8) is 0 Å². The van der Waals surface area contributed by atoms with Crippen LogP contribution in [-0.4, -0.2) is 15.4 Å². The Hall–Kier alpha value is -3.42. The van der Waals surface area contributed by atoms with Gasteiger partial charge in [0.1, 0.15) is 6.54 Å². The molecule has 0 saturated heterocycles. The molecule has 3 aromatic rings. The lowest BCUT2D eigenvalue weighted by Crippen LogP contribution is -2.33. The number of oxazole rings is 1. The van der Waals surface area contributed by atoms with Gasteiger partial charge in [0, 0.05) is 6.07 Å². The van der Waals surface area contributed by atoms with Crippen LogP contribution in [-0.2, 0) is 11.3 Å². The number of rotatable bonds is 6. The molecule has 0 aliphatic heterocycles. The van der Waals surface area contributed by atoms with Gasteiger partial charge < -0.3 is 9.73 Å². The van der Waals surface area contributed by atoms with Gasteiger partial charge in [0.25, 0.3) is 5.69 Å². The van der Waals surface area contributed by atoms with Crippen LogP contribution in [0.1, 0.15) is 30.5 Å². The Balaban J connectivity index is 1.81. The number of fused-ring (bicyclic) bond motifs is 1. The van der Waals surface area contributed by atoms with Gasteiger partial charge in [0.2, 0.25) is 5.91 Å². The zero-order valence-corrected chi connectivity index (χ0v) is 15.0. The normalized spacial score (nSPS) is 12.1. The molecular formula is C19H19N3O5. The van der Waals surface area contributed by atoms with Crippen LogP contribution in [0.3, 0.4) is 0 Å². The number of nitro benzene ring substituents is 1. The van der Waals surface area contributed by atoms with Gasteiger partial charge in [0.15, 0.2) is 5.58 Å². The van der Waals surface area contributed by atoms with Gasteiger partial charge in [-0.1, -0.05) is 36.8 Å². The van der Waals surface area contributed by atoms with E-state index in [0.29, 0.717) is 11.9 Å². The molecule has 1 aromatic heterocycles. The van der Waals surface area contributed by atoms with Crippen molar-refractivity contribution < 1.29 is 14.1 Å². The number of benzene rings is 2. The summed E-state index contributed by atoms with van der Waals surface area (Å²) >= 11 is 0. The van der Waals surface area contributed by atoms with E-state index in [1.807, 2.05) is 38.1 Å². The summed E-state index contributed by atoms with van der Waals surface area (Å²) in [6, 6.07) is 11.6. The van der Waals surface area contributed by atoms with Gasteiger partial charge in [-0.05, 0) is 25.0 Å². The topological polar surface area (TPSA) is 107 Å². The maximum Gasteiger partial charge on any atom is 0.420 e. The van der Waals surface area contributed by atoms with Crippen molar-refractivity contribution in [3.8, 4) is 0 Å². The molecule has 0 bridgehead atoms. The van der Waals surface area contributed by atoms with Crippen molar-refractivity contribution in [2.75, 3.05) is 0 Å². The van der Waals surface area contributed by atoms with E-state index in [1.54, 1.807) is 0 Å². The average Bonchev–Trinajstić information content (AvgIpc) is 2.95. The molecule has 27 heavy (non-hydrogen) atoms. The van der Waals surface area contributed by atoms with Crippen molar-refractivity contribution in [3.05, 3.63) is 74.3 Å². The first-order chi connectivity index (χ1) is 12.9. The van der Waals surface area contributed by atoms with E-state index in [9.17, 15) is 19.7 Å². The summed E-state index contributed by atoms with van der Waals surface area (Å²) < 4.78 is 6.21. The molecule has 0 spiro atoms.